The Morgan fingerprint density at radius 1 is 1.37 bits per heavy atom. The molecule has 1 saturated heterocycles. The molecule has 0 aromatic carbocycles. The number of ether oxygens (including phenoxy) is 1. The predicted molar refractivity (Wildman–Crippen MR) is 78.6 cm³/mol. The number of hydrogen-bond donors (Lipinski definition) is 2. The maximum absolute atomic E-state index is 5.93. The van der Waals surface area contributed by atoms with Gasteiger partial charge in [0, 0.05) is 18.7 Å². The van der Waals surface area contributed by atoms with Crippen LogP contribution < -0.4 is 15.8 Å². The number of pyridine rings is 1. The summed E-state index contributed by atoms with van der Waals surface area (Å²) >= 11 is 0. The van der Waals surface area contributed by atoms with Gasteiger partial charge in [0.25, 0.3) is 0 Å². The summed E-state index contributed by atoms with van der Waals surface area (Å²) in [5.74, 6) is 1.30. The lowest BCUT2D eigenvalue weighted by Gasteiger charge is -2.29. The van der Waals surface area contributed by atoms with Crippen molar-refractivity contribution in [3.8, 4) is 5.88 Å². The van der Waals surface area contributed by atoms with Gasteiger partial charge in [-0.05, 0) is 38.9 Å². The maximum Gasteiger partial charge on any atom is 0.215 e. The second kappa shape index (κ2) is 6.61. The molecule has 1 aliphatic rings. The number of likely N-dealkylation sites (tertiary alicyclic amines) is 1. The Morgan fingerprint density at radius 3 is 2.79 bits per heavy atom. The summed E-state index contributed by atoms with van der Waals surface area (Å²) in [6.07, 6.45) is 3.99. The van der Waals surface area contributed by atoms with E-state index in [1.54, 1.807) is 13.2 Å². The van der Waals surface area contributed by atoms with Crippen molar-refractivity contribution in [1.29, 1.82) is 0 Å². The number of rotatable bonds is 5. The van der Waals surface area contributed by atoms with Gasteiger partial charge in [-0.1, -0.05) is 6.42 Å². The van der Waals surface area contributed by atoms with E-state index in [9.17, 15) is 0 Å². The summed E-state index contributed by atoms with van der Waals surface area (Å²) in [5, 5.41) is 3.37. The van der Waals surface area contributed by atoms with Crippen molar-refractivity contribution in [3.63, 3.8) is 0 Å². The van der Waals surface area contributed by atoms with Crippen molar-refractivity contribution in [2.75, 3.05) is 37.8 Å². The second-order valence-corrected chi connectivity index (χ2v) is 5.20. The molecule has 1 aromatic heterocycles. The highest BCUT2D eigenvalue weighted by Crippen LogP contribution is 2.20. The number of piperidine rings is 1. The van der Waals surface area contributed by atoms with Crippen molar-refractivity contribution in [1.82, 2.24) is 9.88 Å². The van der Waals surface area contributed by atoms with Crippen LogP contribution in [0.15, 0.2) is 12.1 Å². The second-order valence-electron chi connectivity index (χ2n) is 5.20. The van der Waals surface area contributed by atoms with Crippen molar-refractivity contribution in [3.05, 3.63) is 12.1 Å². The average molecular weight is 264 g/mol. The van der Waals surface area contributed by atoms with E-state index in [0.717, 1.165) is 6.54 Å². The average Bonchev–Trinajstić information content (AvgIpc) is 2.42. The molecule has 1 fully saturated rings. The number of nitrogen functional groups attached to an aromatic ring is 1. The minimum atomic E-state index is 0.319. The first kappa shape index (κ1) is 13.9. The van der Waals surface area contributed by atoms with E-state index in [1.807, 2.05) is 6.07 Å². The molecule has 0 amide bonds. The van der Waals surface area contributed by atoms with Gasteiger partial charge in [0.2, 0.25) is 5.88 Å². The summed E-state index contributed by atoms with van der Waals surface area (Å²) in [4.78, 5) is 6.84. The molecule has 5 nitrogen and oxygen atoms in total. The lowest BCUT2D eigenvalue weighted by molar-refractivity contribution is 0.223. The molecule has 5 heteroatoms. The van der Waals surface area contributed by atoms with E-state index in [0.29, 0.717) is 23.4 Å². The van der Waals surface area contributed by atoms with E-state index < -0.39 is 0 Å². The first-order chi connectivity index (χ1) is 9.19. The Balaban J connectivity index is 1.92. The van der Waals surface area contributed by atoms with E-state index in [-0.39, 0.29) is 0 Å². The van der Waals surface area contributed by atoms with Crippen LogP contribution >= 0.6 is 0 Å². The summed E-state index contributed by atoms with van der Waals surface area (Å²) in [7, 11) is 1.61. The number of aromatic nitrogens is 1. The molecule has 19 heavy (non-hydrogen) atoms. The Morgan fingerprint density at radius 2 is 2.11 bits per heavy atom. The molecule has 1 aromatic rings. The first-order valence-corrected chi connectivity index (χ1v) is 6.98. The SMILES string of the molecule is COc1ccc(N)c(NC(C)CN2CCCCC2)n1. The minimum absolute atomic E-state index is 0.319. The van der Waals surface area contributed by atoms with Crippen LogP contribution in [0.25, 0.3) is 0 Å². The molecule has 2 rings (SSSR count). The molecule has 3 N–H and O–H groups in total. The number of methoxy groups -OCH3 is 1. The molecule has 0 saturated carbocycles. The summed E-state index contributed by atoms with van der Waals surface area (Å²) in [6, 6.07) is 3.91. The van der Waals surface area contributed by atoms with Gasteiger partial charge in [-0.3, -0.25) is 0 Å². The van der Waals surface area contributed by atoms with Crippen molar-refractivity contribution >= 4 is 11.5 Å². The van der Waals surface area contributed by atoms with E-state index in [1.165, 1.54) is 32.4 Å². The van der Waals surface area contributed by atoms with Gasteiger partial charge >= 0.3 is 0 Å². The smallest absolute Gasteiger partial charge is 0.215 e. The van der Waals surface area contributed by atoms with Gasteiger partial charge in [-0.15, -0.1) is 0 Å². The van der Waals surface area contributed by atoms with Crippen LogP contribution in [0.2, 0.25) is 0 Å². The van der Waals surface area contributed by atoms with Crippen LogP contribution in [0.1, 0.15) is 26.2 Å². The number of hydrogen-bond acceptors (Lipinski definition) is 5. The molecule has 0 spiro atoms. The van der Waals surface area contributed by atoms with Crippen LogP contribution in [-0.2, 0) is 0 Å². The molecule has 106 valence electrons. The fourth-order valence-corrected chi connectivity index (χ4v) is 2.49. The topological polar surface area (TPSA) is 63.4 Å². The van der Waals surface area contributed by atoms with Gasteiger partial charge < -0.3 is 20.7 Å². The third-order valence-corrected chi connectivity index (χ3v) is 3.47. The zero-order valence-corrected chi connectivity index (χ0v) is 11.9. The van der Waals surface area contributed by atoms with Crippen LogP contribution in [0.4, 0.5) is 11.5 Å². The van der Waals surface area contributed by atoms with Crippen molar-refractivity contribution in [2.45, 2.75) is 32.2 Å². The van der Waals surface area contributed by atoms with Gasteiger partial charge in [-0.25, -0.2) is 0 Å². The monoisotopic (exact) mass is 264 g/mol. The summed E-state index contributed by atoms with van der Waals surface area (Å²) < 4.78 is 5.12. The molecule has 1 atom stereocenters. The standard InChI is InChI=1S/C14H24N4O/c1-11(10-18-8-4-3-5-9-18)16-14-12(15)6-7-13(17-14)19-2/h6-7,11H,3-5,8-10,15H2,1-2H3,(H,16,17). The number of anilines is 2. The van der Waals surface area contributed by atoms with Crippen LogP contribution in [0.3, 0.4) is 0 Å². The van der Waals surface area contributed by atoms with E-state index in [4.69, 9.17) is 10.5 Å². The fraction of sp³-hybridized carbons (Fsp3) is 0.643. The van der Waals surface area contributed by atoms with Crippen LogP contribution in [0, 0.1) is 0 Å². The quantitative estimate of drug-likeness (QED) is 0.851. The predicted octanol–water partition coefficient (Wildman–Crippen LogP) is 1.96. The summed E-state index contributed by atoms with van der Waals surface area (Å²) in [6.45, 7) is 5.59. The largest absolute Gasteiger partial charge is 0.481 e. The number of nitrogens with two attached hydrogens (primary N) is 1. The highest BCUT2D eigenvalue weighted by atomic mass is 16.5. The Bertz CT molecular complexity index is 404. The lowest BCUT2D eigenvalue weighted by Crippen LogP contribution is -2.38. The Labute approximate surface area is 115 Å². The maximum atomic E-state index is 5.93. The number of nitrogens with one attached hydrogen (secondary N) is 1. The lowest BCUT2D eigenvalue weighted by atomic mass is 10.1. The fourth-order valence-electron chi connectivity index (χ4n) is 2.49. The zero-order chi connectivity index (χ0) is 13.7. The summed E-state index contributed by atoms with van der Waals surface area (Å²) in [5.41, 5.74) is 6.59. The van der Waals surface area contributed by atoms with E-state index >= 15 is 0 Å². The zero-order valence-electron chi connectivity index (χ0n) is 11.9. The van der Waals surface area contributed by atoms with Gasteiger partial charge in [0.15, 0.2) is 5.82 Å². The molecule has 1 aliphatic heterocycles. The third-order valence-electron chi connectivity index (χ3n) is 3.47. The first-order valence-electron chi connectivity index (χ1n) is 6.98. The van der Waals surface area contributed by atoms with Crippen LogP contribution in [-0.4, -0.2) is 42.7 Å². The molecule has 1 unspecified atom stereocenters. The minimum Gasteiger partial charge on any atom is -0.481 e. The normalized spacial score (nSPS) is 18.0. The van der Waals surface area contributed by atoms with Gasteiger partial charge in [0.05, 0.1) is 12.8 Å². The van der Waals surface area contributed by atoms with Gasteiger partial charge in [0.1, 0.15) is 0 Å². The molecular formula is C14H24N4O. The van der Waals surface area contributed by atoms with Gasteiger partial charge in [-0.2, -0.15) is 4.98 Å². The highest BCUT2D eigenvalue weighted by molar-refractivity contribution is 5.62. The molecular weight excluding hydrogens is 240 g/mol. The number of nitrogens with zero attached hydrogens (tertiary/aromatic N) is 2. The van der Waals surface area contributed by atoms with Crippen LogP contribution in [0.5, 0.6) is 5.88 Å². The van der Waals surface area contributed by atoms with Crippen molar-refractivity contribution < 1.29 is 4.74 Å². The van der Waals surface area contributed by atoms with Crippen molar-refractivity contribution in [2.24, 2.45) is 0 Å². The third kappa shape index (κ3) is 3.99. The van der Waals surface area contributed by atoms with E-state index in [2.05, 4.69) is 22.1 Å². The molecule has 2 heterocycles. The molecule has 0 aliphatic carbocycles. The Hall–Kier alpha value is -1.49. The Kier molecular flexibility index (Phi) is 4.85. The molecule has 0 bridgehead atoms. The molecule has 0 radical (unpaired) electrons. The highest BCUT2D eigenvalue weighted by Gasteiger charge is 2.14.